The predicted molar refractivity (Wildman–Crippen MR) is 129 cm³/mol. The largest absolute Gasteiger partial charge is 0.490 e. The van der Waals surface area contributed by atoms with Gasteiger partial charge in [-0.1, -0.05) is 24.8 Å². The molecule has 8 heteroatoms. The first-order valence-corrected chi connectivity index (χ1v) is 13.0. The molecule has 2 aromatic carbocycles. The molecule has 1 fully saturated rings. The van der Waals surface area contributed by atoms with Gasteiger partial charge in [0.15, 0.2) is 15.3 Å². The second-order valence-corrected chi connectivity index (χ2v) is 11.2. The molecule has 2 atom stereocenters. The van der Waals surface area contributed by atoms with E-state index in [1.54, 1.807) is 36.4 Å². The van der Waals surface area contributed by atoms with Gasteiger partial charge in [0.25, 0.3) is 5.91 Å². The molecule has 1 saturated heterocycles. The summed E-state index contributed by atoms with van der Waals surface area (Å²) in [4.78, 5) is 28.9. The third kappa shape index (κ3) is 3.62. The Labute approximate surface area is 197 Å². The minimum atomic E-state index is -3.27. The third-order valence-electron chi connectivity index (χ3n) is 6.67. The summed E-state index contributed by atoms with van der Waals surface area (Å²) in [5, 5.41) is 0.402. The van der Waals surface area contributed by atoms with Crippen molar-refractivity contribution >= 4 is 26.7 Å². The Kier molecular flexibility index (Phi) is 5.36. The quantitative estimate of drug-likeness (QED) is 0.518. The van der Waals surface area contributed by atoms with Gasteiger partial charge in [0.1, 0.15) is 17.9 Å². The highest BCUT2D eigenvalue weighted by molar-refractivity contribution is 7.91. The van der Waals surface area contributed by atoms with Gasteiger partial charge >= 0.3 is 0 Å². The van der Waals surface area contributed by atoms with Crippen molar-refractivity contribution in [1.29, 1.82) is 0 Å². The molecule has 0 spiro atoms. The van der Waals surface area contributed by atoms with E-state index in [4.69, 9.17) is 9.15 Å². The Balaban J connectivity index is 1.74. The van der Waals surface area contributed by atoms with Crippen molar-refractivity contribution in [2.45, 2.75) is 32.4 Å². The molecular weight excluding hydrogens is 454 g/mol. The van der Waals surface area contributed by atoms with Gasteiger partial charge in [0, 0.05) is 6.04 Å². The van der Waals surface area contributed by atoms with Crippen molar-refractivity contribution in [2.75, 3.05) is 18.1 Å². The summed E-state index contributed by atoms with van der Waals surface area (Å²) in [7, 11) is -3.27. The minimum Gasteiger partial charge on any atom is -0.490 e. The Morgan fingerprint density at radius 3 is 2.65 bits per heavy atom. The summed E-state index contributed by atoms with van der Waals surface area (Å²) in [6, 6.07) is 9.39. The lowest BCUT2D eigenvalue weighted by molar-refractivity contribution is 0.0662. The summed E-state index contributed by atoms with van der Waals surface area (Å²) in [6.07, 6.45) is 1.94. The van der Waals surface area contributed by atoms with Crippen molar-refractivity contribution in [2.24, 2.45) is 0 Å². The normalized spacial score (nSPS) is 21.1. The molecule has 3 heterocycles. The van der Waals surface area contributed by atoms with E-state index in [1.807, 2.05) is 19.9 Å². The maximum absolute atomic E-state index is 13.8. The van der Waals surface area contributed by atoms with Crippen LogP contribution in [0, 0.1) is 13.8 Å². The summed E-state index contributed by atoms with van der Waals surface area (Å²) >= 11 is 0. The van der Waals surface area contributed by atoms with Crippen LogP contribution in [0.2, 0.25) is 0 Å². The van der Waals surface area contributed by atoms with Crippen molar-refractivity contribution in [3.63, 3.8) is 0 Å². The second-order valence-electron chi connectivity index (χ2n) is 8.95. The van der Waals surface area contributed by atoms with Gasteiger partial charge in [-0.15, -0.1) is 0 Å². The number of ether oxygens (including phenoxy) is 1. The van der Waals surface area contributed by atoms with Crippen LogP contribution in [-0.4, -0.2) is 43.4 Å². The van der Waals surface area contributed by atoms with Gasteiger partial charge in [-0.05, 0) is 61.2 Å². The topological polar surface area (TPSA) is 93.9 Å². The number of carbonyl (C=O) groups excluding carboxylic acids is 1. The zero-order chi connectivity index (χ0) is 24.2. The van der Waals surface area contributed by atoms with Crippen LogP contribution in [0.5, 0.6) is 5.75 Å². The summed E-state index contributed by atoms with van der Waals surface area (Å²) in [6.45, 7) is 7.79. The van der Waals surface area contributed by atoms with E-state index in [9.17, 15) is 18.0 Å². The highest BCUT2D eigenvalue weighted by Crippen LogP contribution is 2.42. The molecule has 7 nitrogen and oxygen atoms in total. The molecule has 0 N–H and O–H groups in total. The number of hydrogen-bond acceptors (Lipinski definition) is 6. The van der Waals surface area contributed by atoms with Crippen LogP contribution >= 0.6 is 0 Å². The number of fused-ring (bicyclic) bond motifs is 2. The number of hydrogen-bond donors (Lipinski definition) is 0. The van der Waals surface area contributed by atoms with Crippen LogP contribution in [-0.2, 0) is 9.84 Å². The number of benzene rings is 2. The number of sulfone groups is 1. The second kappa shape index (κ2) is 8.13. The first-order valence-electron chi connectivity index (χ1n) is 11.1. The predicted octanol–water partition coefficient (Wildman–Crippen LogP) is 3.71. The number of rotatable bonds is 5. The molecule has 3 aromatic rings. The molecular formula is C26H25NO6S. The molecule has 34 heavy (non-hydrogen) atoms. The lowest BCUT2D eigenvalue weighted by atomic mass is 9.96. The molecule has 0 aliphatic carbocycles. The molecule has 2 aliphatic heterocycles. The lowest BCUT2D eigenvalue weighted by Crippen LogP contribution is -2.40. The fourth-order valence-electron chi connectivity index (χ4n) is 4.87. The van der Waals surface area contributed by atoms with E-state index in [2.05, 4.69) is 6.58 Å². The average molecular weight is 480 g/mol. The lowest BCUT2D eigenvalue weighted by Gasteiger charge is -2.30. The van der Waals surface area contributed by atoms with Crippen molar-refractivity contribution in [3.8, 4) is 5.75 Å². The number of amides is 1. The van der Waals surface area contributed by atoms with Gasteiger partial charge in [-0.2, -0.15) is 0 Å². The molecule has 2 aliphatic rings. The molecule has 0 bridgehead atoms. The van der Waals surface area contributed by atoms with E-state index in [1.165, 1.54) is 4.90 Å². The molecule has 176 valence electrons. The Morgan fingerprint density at radius 2 is 1.94 bits per heavy atom. The highest BCUT2D eigenvalue weighted by Gasteiger charge is 2.48. The van der Waals surface area contributed by atoms with Crippen LogP contribution in [0.1, 0.15) is 45.3 Å². The first-order chi connectivity index (χ1) is 16.2. The Bertz CT molecular complexity index is 1500. The standard InChI is InChI=1S/C26H25NO6S/c1-4-9-32-19-7-5-6-17(13-19)23-22-24(28)20-11-15(2)16(3)12-21(20)33-25(22)26(29)27(23)18-8-10-34(30,31)14-18/h4-7,11-13,18,23H,1,8-10,14H2,2-3H3. The number of aryl methyl sites for hydroxylation is 2. The van der Waals surface area contributed by atoms with E-state index in [0.717, 1.165) is 11.1 Å². The molecule has 5 rings (SSSR count). The van der Waals surface area contributed by atoms with Crippen molar-refractivity contribution < 1.29 is 22.4 Å². The van der Waals surface area contributed by atoms with Gasteiger partial charge in [0.2, 0.25) is 5.76 Å². The summed E-state index contributed by atoms with van der Waals surface area (Å²) in [5.41, 5.74) is 2.86. The van der Waals surface area contributed by atoms with Gasteiger partial charge in [0.05, 0.1) is 28.5 Å². The van der Waals surface area contributed by atoms with Crippen LogP contribution in [0.4, 0.5) is 0 Å². The monoisotopic (exact) mass is 479 g/mol. The summed E-state index contributed by atoms with van der Waals surface area (Å²) < 4.78 is 36.3. The van der Waals surface area contributed by atoms with Crippen molar-refractivity contribution in [1.82, 2.24) is 4.90 Å². The van der Waals surface area contributed by atoms with E-state index >= 15 is 0 Å². The van der Waals surface area contributed by atoms with E-state index in [-0.39, 0.29) is 28.3 Å². The number of carbonyl (C=O) groups is 1. The maximum atomic E-state index is 13.8. The van der Waals surface area contributed by atoms with E-state index < -0.39 is 27.8 Å². The Morgan fingerprint density at radius 1 is 1.18 bits per heavy atom. The summed E-state index contributed by atoms with van der Waals surface area (Å²) in [5.74, 6) is -0.0468. The van der Waals surface area contributed by atoms with Crippen LogP contribution in [0.25, 0.3) is 11.0 Å². The van der Waals surface area contributed by atoms with Gasteiger partial charge < -0.3 is 14.1 Å². The molecule has 0 saturated carbocycles. The Hall–Kier alpha value is -3.39. The zero-order valence-corrected chi connectivity index (χ0v) is 19.9. The molecule has 0 radical (unpaired) electrons. The van der Waals surface area contributed by atoms with Gasteiger partial charge in [-0.25, -0.2) is 8.42 Å². The first kappa shape index (κ1) is 22.4. The smallest absolute Gasteiger partial charge is 0.291 e. The van der Waals surface area contributed by atoms with Crippen LogP contribution in [0.15, 0.2) is 58.3 Å². The SMILES string of the molecule is C=CCOc1cccc(C2c3c(oc4cc(C)c(C)cc4c3=O)C(=O)N2C2CCS(=O)(=O)C2)c1. The van der Waals surface area contributed by atoms with E-state index in [0.29, 0.717) is 35.3 Å². The van der Waals surface area contributed by atoms with Crippen molar-refractivity contribution in [3.05, 3.63) is 87.3 Å². The van der Waals surface area contributed by atoms with Crippen LogP contribution in [0.3, 0.4) is 0 Å². The molecule has 2 unspecified atom stereocenters. The average Bonchev–Trinajstić information content (AvgIpc) is 3.30. The molecule has 1 aromatic heterocycles. The van der Waals surface area contributed by atoms with Crippen LogP contribution < -0.4 is 10.2 Å². The maximum Gasteiger partial charge on any atom is 0.291 e. The zero-order valence-electron chi connectivity index (χ0n) is 19.0. The fourth-order valence-corrected chi connectivity index (χ4v) is 6.59. The molecule has 1 amide bonds. The third-order valence-corrected chi connectivity index (χ3v) is 8.42. The fraction of sp³-hybridized carbons (Fsp3) is 0.308. The van der Waals surface area contributed by atoms with Gasteiger partial charge in [-0.3, -0.25) is 9.59 Å². The minimum absolute atomic E-state index is 0.00867. The number of nitrogens with zero attached hydrogens (tertiary/aromatic N) is 1. The highest BCUT2D eigenvalue weighted by atomic mass is 32.2.